The standard InChI is InChI=1S/C27H31ClFNO3/c1-27(2,31)18-30-17-23(19-8-5-4-6-9-19)20-12-13-24(28)22(16-20)21-10-7-11-25(26(21)29)33-15-14-32-3/h4-13,16,23,30-31H,14-15,17-18H2,1-3H3. The molecule has 3 aromatic carbocycles. The molecule has 2 N–H and O–H groups in total. The zero-order chi connectivity index (χ0) is 23.8. The first-order valence-corrected chi connectivity index (χ1v) is 11.4. The third-order valence-corrected chi connectivity index (χ3v) is 5.63. The van der Waals surface area contributed by atoms with Gasteiger partial charge in [-0.25, -0.2) is 4.39 Å². The Morgan fingerprint density at radius 2 is 1.73 bits per heavy atom. The van der Waals surface area contributed by atoms with Gasteiger partial charge in [0.2, 0.25) is 0 Å². The Morgan fingerprint density at radius 3 is 2.42 bits per heavy atom. The lowest BCUT2D eigenvalue weighted by molar-refractivity contribution is 0.0798. The normalized spacial score (nSPS) is 12.5. The third-order valence-electron chi connectivity index (χ3n) is 5.30. The molecule has 0 aliphatic heterocycles. The Morgan fingerprint density at radius 1 is 0.970 bits per heavy atom. The second-order valence-corrected chi connectivity index (χ2v) is 9.01. The molecule has 0 spiro atoms. The van der Waals surface area contributed by atoms with Gasteiger partial charge in [0, 0.05) is 42.3 Å². The zero-order valence-corrected chi connectivity index (χ0v) is 20.0. The first kappa shape index (κ1) is 25.2. The van der Waals surface area contributed by atoms with Crippen molar-refractivity contribution >= 4 is 11.6 Å². The number of aliphatic hydroxyl groups is 1. The van der Waals surface area contributed by atoms with Crippen molar-refractivity contribution in [3.8, 4) is 16.9 Å². The average Bonchev–Trinajstić information content (AvgIpc) is 2.79. The molecule has 0 saturated heterocycles. The van der Waals surface area contributed by atoms with Crippen molar-refractivity contribution in [3.63, 3.8) is 0 Å². The van der Waals surface area contributed by atoms with Crippen LogP contribution in [0.2, 0.25) is 5.02 Å². The van der Waals surface area contributed by atoms with Gasteiger partial charge in [0.25, 0.3) is 0 Å². The van der Waals surface area contributed by atoms with Gasteiger partial charge in [0.05, 0.1) is 12.2 Å². The summed E-state index contributed by atoms with van der Waals surface area (Å²) < 4.78 is 25.8. The quantitative estimate of drug-likeness (QED) is 0.354. The zero-order valence-electron chi connectivity index (χ0n) is 19.3. The van der Waals surface area contributed by atoms with Gasteiger partial charge in [-0.3, -0.25) is 0 Å². The molecule has 1 atom stereocenters. The molecule has 1 unspecified atom stereocenters. The number of hydrogen-bond acceptors (Lipinski definition) is 4. The van der Waals surface area contributed by atoms with Crippen LogP contribution in [0.4, 0.5) is 4.39 Å². The van der Waals surface area contributed by atoms with Crippen LogP contribution in [-0.4, -0.2) is 44.1 Å². The fourth-order valence-electron chi connectivity index (χ4n) is 3.67. The van der Waals surface area contributed by atoms with E-state index in [0.717, 1.165) is 11.1 Å². The molecule has 0 heterocycles. The van der Waals surface area contributed by atoms with Crippen molar-refractivity contribution in [3.05, 3.63) is 88.7 Å². The Labute approximate surface area is 200 Å². The van der Waals surface area contributed by atoms with E-state index in [0.29, 0.717) is 35.8 Å². The summed E-state index contributed by atoms with van der Waals surface area (Å²) in [6, 6.07) is 20.8. The summed E-state index contributed by atoms with van der Waals surface area (Å²) in [7, 11) is 1.57. The smallest absolute Gasteiger partial charge is 0.172 e. The summed E-state index contributed by atoms with van der Waals surface area (Å²) in [5.41, 5.74) is 2.28. The van der Waals surface area contributed by atoms with Crippen molar-refractivity contribution < 1.29 is 19.0 Å². The van der Waals surface area contributed by atoms with Gasteiger partial charge in [-0.15, -0.1) is 0 Å². The van der Waals surface area contributed by atoms with Crippen LogP contribution in [0, 0.1) is 5.82 Å². The highest BCUT2D eigenvalue weighted by Crippen LogP contribution is 2.36. The number of ether oxygens (including phenoxy) is 2. The SMILES string of the molecule is COCCOc1cccc(-c2cc(C(CNCC(C)(C)O)c3ccccc3)ccc2Cl)c1F. The second kappa shape index (κ2) is 11.6. The van der Waals surface area contributed by atoms with Crippen LogP contribution in [0.3, 0.4) is 0 Å². The van der Waals surface area contributed by atoms with Crippen LogP contribution in [0.25, 0.3) is 11.1 Å². The van der Waals surface area contributed by atoms with E-state index in [1.165, 1.54) is 0 Å². The molecule has 4 nitrogen and oxygen atoms in total. The lowest BCUT2D eigenvalue weighted by Crippen LogP contribution is -2.36. The van der Waals surface area contributed by atoms with Crippen molar-refractivity contribution in [2.24, 2.45) is 0 Å². The van der Waals surface area contributed by atoms with Crippen molar-refractivity contribution in [1.82, 2.24) is 5.32 Å². The first-order valence-electron chi connectivity index (χ1n) is 11.0. The van der Waals surface area contributed by atoms with Crippen LogP contribution >= 0.6 is 11.6 Å². The minimum absolute atomic E-state index is 0.00577. The van der Waals surface area contributed by atoms with E-state index < -0.39 is 11.4 Å². The van der Waals surface area contributed by atoms with Crippen LogP contribution < -0.4 is 10.1 Å². The van der Waals surface area contributed by atoms with Crippen molar-refractivity contribution in [1.29, 1.82) is 0 Å². The van der Waals surface area contributed by atoms with Gasteiger partial charge in [0.15, 0.2) is 11.6 Å². The molecule has 0 aromatic heterocycles. The molecule has 3 rings (SSSR count). The summed E-state index contributed by atoms with van der Waals surface area (Å²) in [6.07, 6.45) is 0. The van der Waals surface area contributed by atoms with Gasteiger partial charge < -0.3 is 19.9 Å². The lowest BCUT2D eigenvalue weighted by atomic mass is 9.89. The maximum atomic E-state index is 15.3. The summed E-state index contributed by atoms with van der Waals surface area (Å²) in [5, 5.41) is 13.9. The summed E-state index contributed by atoms with van der Waals surface area (Å²) in [6.45, 7) is 5.22. The number of rotatable bonds is 11. The summed E-state index contributed by atoms with van der Waals surface area (Å²) in [4.78, 5) is 0. The molecule has 176 valence electrons. The van der Waals surface area contributed by atoms with Gasteiger partial charge >= 0.3 is 0 Å². The van der Waals surface area contributed by atoms with E-state index in [4.69, 9.17) is 21.1 Å². The maximum absolute atomic E-state index is 15.3. The minimum Gasteiger partial charge on any atom is -0.488 e. The lowest BCUT2D eigenvalue weighted by Gasteiger charge is -2.23. The van der Waals surface area contributed by atoms with Crippen molar-refractivity contribution in [2.75, 3.05) is 33.4 Å². The molecule has 0 aliphatic rings. The highest BCUT2D eigenvalue weighted by molar-refractivity contribution is 6.33. The second-order valence-electron chi connectivity index (χ2n) is 8.60. The van der Waals surface area contributed by atoms with Crippen LogP contribution in [-0.2, 0) is 4.74 Å². The van der Waals surface area contributed by atoms with Crippen LogP contribution in [0.15, 0.2) is 66.7 Å². The molecule has 0 fully saturated rings. The predicted octanol–water partition coefficient (Wildman–Crippen LogP) is 5.66. The van der Waals surface area contributed by atoms with E-state index in [9.17, 15) is 5.11 Å². The van der Waals surface area contributed by atoms with Crippen molar-refractivity contribution in [2.45, 2.75) is 25.4 Å². The maximum Gasteiger partial charge on any atom is 0.172 e. The molecule has 0 saturated carbocycles. The third kappa shape index (κ3) is 7.02. The minimum atomic E-state index is -0.821. The highest BCUT2D eigenvalue weighted by Gasteiger charge is 2.20. The predicted molar refractivity (Wildman–Crippen MR) is 132 cm³/mol. The molecule has 0 bridgehead atoms. The number of benzene rings is 3. The number of halogens is 2. The van der Waals surface area contributed by atoms with Gasteiger partial charge in [-0.05, 0) is 43.2 Å². The average molecular weight is 472 g/mol. The molecule has 0 aliphatic carbocycles. The number of methoxy groups -OCH3 is 1. The molecule has 6 heteroatoms. The molecule has 3 aromatic rings. The Kier molecular flexibility index (Phi) is 8.87. The fourth-order valence-corrected chi connectivity index (χ4v) is 3.89. The van der Waals surface area contributed by atoms with E-state index in [-0.39, 0.29) is 18.3 Å². The number of nitrogens with one attached hydrogen (secondary N) is 1. The Bertz CT molecular complexity index is 1040. The van der Waals surface area contributed by atoms with E-state index in [1.807, 2.05) is 30.3 Å². The molecular formula is C27H31ClFNO3. The summed E-state index contributed by atoms with van der Waals surface area (Å²) in [5.74, 6) is -0.296. The van der Waals surface area contributed by atoms with E-state index in [2.05, 4.69) is 17.4 Å². The van der Waals surface area contributed by atoms with E-state index in [1.54, 1.807) is 45.2 Å². The fraction of sp³-hybridized carbons (Fsp3) is 0.333. The topological polar surface area (TPSA) is 50.7 Å². The largest absolute Gasteiger partial charge is 0.488 e. The molecule has 33 heavy (non-hydrogen) atoms. The Hall–Kier alpha value is -2.44. The van der Waals surface area contributed by atoms with Gasteiger partial charge in [-0.2, -0.15) is 0 Å². The summed E-state index contributed by atoms with van der Waals surface area (Å²) >= 11 is 6.52. The van der Waals surface area contributed by atoms with Crippen LogP contribution in [0.5, 0.6) is 5.75 Å². The first-order chi connectivity index (χ1) is 15.8. The molecule has 0 radical (unpaired) electrons. The Balaban J connectivity index is 1.96. The number of hydrogen-bond donors (Lipinski definition) is 2. The molecular weight excluding hydrogens is 441 g/mol. The highest BCUT2D eigenvalue weighted by atomic mass is 35.5. The van der Waals surface area contributed by atoms with Gasteiger partial charge in [0.1, 0.15) is 6.61 Å². The monoisotopic (exact) mass is 471 g/mol. The van der Waals surface area contributed by atoms with Crippen LogP contribution in [0.1, 0.15) is 30.9 Å². The molecule has 0 amide bonds. The van der Waals surface area contributed by atoms with Gasteiger partial charge in [-0.1, -0.05) is 60.1 Å². The van der Waals surface area contributed by atoms with E-state index >= 15 is 4.39 Å².